The molecule has 10 heteroatoms. The maximum Gasteiger partial charge on any atom is 0.321 e. The first-order chi connectivity index (χ1) is 17.5. The minimum Gasteiger partial charge on any atom is -0.341 e. The highest BCUT2D eigenvalue weighted by Crippen LogP contribution is 2.41. The molecule has 4 heterocycles. The van der Waals surface area contributed by atoms with Gasteiger partial charge in [0.2, 0.25) is 0 Å². The Labute approximate surface area is 211 Å². The topological polar surface area (TPSA) is 91.6 Å². The van der Waals surface area contributed by atoms with Gasteiger partial charge in [-0.15, -0.1) is 0 Å². The van der Waals surface area contributed by atoms with Gasteiger partial charge in [0.15, 0.2) is 5.65 Å². The average Bonchev–Trinajstić information content (AvgIpc) is 3.50. The molecule has 0 saturated carbocycles. The molecule has 182 valence electrons. The van der Waals surface area contributed by atoms with Crippen LogP contribution in [0.2, 0.25) is 5.02 Å². The maximum atomic E-state index is 14.2. The van der Waals surface area contributed by atoms with Crippen LogP contribution in [0.15, 0.2) is 55.0 Å². The molecule has 2 aromatic carbocycles. The number of piperidine rings is 1. The predicted octanol–water partition coefficient (Wildman–Crippen LogP) is 5.04. The second kappa shape index (κ2) is 8.91. The van der Waals surface area contributed by atoms with Crippen LogP contribution in [0, 0.1) is 5.82 Å². The molecule has 6 rings (SSSR count). The van der Waals surface area contributed by atoms with Crippen LogP contribution in [0.25, 0.3) is 16.8 Å². The van der Waals surface area contributed by atoms with Gasteiger partial charge in [0, 0.05) is 52.3 Å². The van der Waals surface area contributed by atoms with Crippen LogP contribution in [0.4, 0.5) is 14.9 Å². The molecule has 0 spiro atoms. The molecule has 1 fully saturated rings. The van der Waals surface area contributed by atoms with E-state index < -0.39 is 11.9 Å². The summed E-state index contributed by atoms with van der Waals surface area (Å²) in [6.07, 6.45) is 6.27. The smallest absolute Gasteiger partial charge is 0.321 e. The minimum absolute atomic E-state index is 0.232. The number of hydrogen-bond acceptors (Lipinski definition) is 4. The van der Waals surface area contributed by atoms with Crippen molar-refractivity contribution in [2.24, 2.45) is 0 Å². The number of rotatable bonds is 3. The third kappa shape index (κ3) is 3.95. The standard InChI is InChI=1S/C26H22ClFN6O2/c27-20-6-5-17(28)12-18(20)24-23-19(25(35)32-24)10-16(15-4-7-22-29-14-30-34(22)13-15)11-21(23)31-26(36)33-8-2-1-3-9-33/h4-7,10-14,24H,1-3,8-9H2,(H,31,36)(H,32,35). The quantitative estimate of drug-likeness (QED) is 0.409. The summed E-state index contributed by atoms with van der Waals surface area (Å²) in [4.78, 5) is 32.3. The number of nitrogens with one attached hydrogen (secondary N) is 2. The molecule has 1 unspecified atom stereocenters. The number of nitrogens with zero attached hydrogens (tertiary/aromatic N) is 4. The first kappa shape index (κ1) is 22.5. The molecule has 0 bridgehead atoms. The molecule has 2 aromatic heterocycles. The number of aromatic nitrogens is 3. The van der Waals surface area contributed by atoms with Crippen molar-refractivity contribution in [1.29, 1.82) is 0 Å². The van der Waals surface area contributed by atoms with Crippen LogP contribution in [-0.2, 0) is 0 Å². The molecule has 2 aliphatic rings. The van der Waals surface area contributed by atoms with Gasteiger partial charge in [-0.05, 0) is 67.3 Å². The molecule has 2 N–H and O–H groups in total. The van der Waals surface area contributed by atoms with Crippen molar-refractivity contribution in [2.75, 3.05) is 18.4 Å². The fourth-order valence-electron chi connectivity index (χ4n) is 4.95. The highest BCUT2D eigenvalue weighted by molar-refractivity contribution is 6.31. The molecule has 8 nitrogen and oxygen atoms in total. The van der Waals surface area contributed by atoms with Gasteiger partial charge in [0.05, 0.1) is 6.04 Å². The summed E-state index contributed by atoms with van der Waals surface area (Å²) in [5.74, 6) is -0.791. The number of urea groups is 1. The molecular formula is C26H22ClFN6O2. The molecular weight excluding hydrogens is 483 g/mol. The van der Waals surface area contributed by atoms with Gasteiger partial charge < -0.3 is 15.5 Å². The Balaban J connectivity index is 1.49. The number of amides is 3. The number of pyridine rings is 1. The van der Waals surface area contributed by atoms with Crippen molar-refractivity contribution in [3.63, 3.8) is 0 Å². The zero-order valence-electron chi connectivity index (χ0n) is 19.2. The van der Waals surface area contributed by atoms with Crippen molar-refractivity contribution < 1.29 is 14.0 Å². The minimum atomic E-state index is -0.709. The molecule has 1 saturated heterocycles. The van der Waals surface area contributed by atoms with E-state index in [1.54, 1.807) is 15.5 Å². The summed E-state index contributed by atoms with van der Waals surface area (Å²) in [6.45, 7) is 1.35. The van der Waals surface area contributed by atoms with E-state index in [1.165, 1.54) is 24.5 Å². The summed E-state index contributed by atoms with van der Waals surface area (Å²) < 4.78 is 15.8. The van der Waals surface area contributed by atoms with Crippen LogP contribution in [0.5, 0.6) is 0 Å². The van der Waals surface area contributed by atoms with Gasteiger partial charge in [-0.2, -0.15) is 5.10 Å². The number of likely N-dealkylation sites (tertiary alicyclic amines) is 1. The van der Waals surface area contributed by atoms with Gasteiger partial charge in [-0.1, -0.05) is 11.6 Å². The van der Waals surface area contributed by atoms with Crippen molar-refractivity contribution in [1.82, 2.24) is 24.8 Å². The van der Waals surface area contributed by atoms with Crippen LogP contribution in [0.3, 0.4) is 0 Å². The zero-order chi connectivity index (χ0) is 24.8. The maximum absolute atomic E-state index is 14.2. The molecule has 0 aliphatic carbocycles. The van der Waals surface area contributed by atoms with E-state index in [2.05, 4.69) is 20.7 Å². The normalized spacial score (nSPS) is 17.2. The van der Waals surface area contributed by atoms with E-state index in [0.29, 0.717) is 46.1 Å². The summed E-state index contributed by atoms with van der Waals surface area (Å²) in [6, 6.07) is 10.4. The number of carbonyl (C=O) groups is 2. The molecule has 36 heavy (non-hydrogen) atoms. The Morgan fingerprint density at radius 1 is 1.08 bits per heavy atom. The van der Waals surface area contributed by atoms with Crippen LogP contribution in [0.1, 0.15) is 46.8 Å². The molecule has 0 radical (unpaired) electrons. The zero-order valence-corrected chi connectivity index (χ0v) is 19.9. The highest BCUT2D eigenvalue weighted by Gasteiger charge is 2.35. The number of hydrogen-bond donors (Lipinski definition) is 2. The third-order valence-corrected chi connectivity index (χ3v) is 7.09. The monoisotopic (exact) mass is 504 g/mol. The first-order valence-corrected chi connectivity index (χ1v) is 12.2. The van der Waals surface area contributed by atoms with Crippen LogP contribution in [-0.4, -0.2) is 44.5 Å². The van der Waals surface area contributed by atoms with Gasteiger partial charge in [0.1, 0.15) is 12.1 Å². The Hall–Kier alpha value is -3.98. The molecule has 4 aromatic rings. The Morgan fingerprint density at radius 2 is 1.92 bits per heavy atom. The lowest BCUT2D eigenvalue weighted by atomic mass is 9.93. The molecule has 2 aliphatic heterocycles. The number of fused-ring (bicyclic) bond motifs is 2. The van der Waals surface area contributed by atoms with Crippen LogP contribution < -0.4 is 10.6 Å². The molecule has 3 amide bonds. The summed E-state index contributed by atoms with van der Waals surface area (Å²) in [7, 11) is 0. The van der Waals surface area contributed by atoms with E-state index in [4.69, 9.17) is 11.6 Å². The van der Waals surface area contributed by atoms with Gasteiger partial charge in [0.25, 0.3) is 5.91 Å². The Bertz CT molecular complexity index is 1510. The second-order valence-electron chi connectivity index (χ2n) is 9.02. The summed E-state index contributed by atoms with van der Waals surface area (Å²) in [5.41, 5.74) is 4.06. The predicted molar refractivity (Wildman–Crippen MR) is 134 cm³/mol. The van der Waals surface area contributed by atoms with Gasteiger partial charge in [-0.3, -0.25) is 4.79 Å². The SMILES string of the molecule is O=C1NC(c2cc(F)ccc2Cl)c2c(NC(=O)N3CCCCC3)cc(-c3ccc4ncnn4c3)cc21. The first-order valence-electron chi connectivity index (χ1n) is 11.8. The fraction of sp³-hybridized carbons (Fsp3) is 0.231. The second-order valence-corrected chi connectivity index (χ2v) is 9.42. The lowest BCUT2D eigenvalue weighted by molar-refractivity contribution is 0.0960. The Kier molecular flexibility index (Phi) is 5.56. The highest BCUT2D eigenvalue weighted by atomic mass is 35.5. The fourth-order valence-corrected chi connectivity index (χ4v) is 5.18. The lowest BCUT2D eigenvalue weighted by Crippen LogP contribution is -2.39. The van der Waals surface area contributed by atoms with Gasteiger partial charge >= 0.3 is 6.03 Å². The molecule has 1 atom stereocenters. The third-order valence-electron chi connectivity index (χ3n) is 6.75. The van der Waals surface area contributed by atoms with E-state index in [1.807, 2.05) is 24.4 Å². The average molecular weight is 505 g/mol. The van der Waals surface area contributed by atoms with Crippen molar-refractivity contribution in [3.05, 3.63) is 82.5 Å². The van der Waals surface area contributed by atoms with E-state index in [0.717, 1.165) is 30.4 Å². The van der Waals surface area contributed by atoms with Crippen molar-refractivity contribution in [3.8, 4) is 11.1 Å². The number of anilines is 1. The summed E-state index contributed by atoms with van der Waals surface area (Å²) in [5, 5.41) is 10.5. The number of carbonyl (C=O) groups excluding carboxylic acids is 2. The largest absolute Gasteiger partial charge is 0.341 e. The Morgan fingerprint density at radius 3 is 2.75 bits per heavy atom. The van der Waals surface area contributed by atoms with Crippen molar-refractivity contribution >= 4 is 34.9 Å². The van der Waals surface area contributed by atoms with Gasteiger partial charge in [-0.25, -0.2) is 18.7 Å². The van der Waals surface area contributed by atoms with E-state index >= 15 is 0 Å². The summed E-state index contributed by atoms with van der Waals surface area (Å²) >= 11 is 6.41. The number of benzene rings is 2. The number of halogens is 2. The van der Waals surface area contributed by atoms with E-state index in [-0.39, 0.29) is 11.9 Å². The van der Waals surface area contributed by atoms with E-state index in [9.17, 15) is 14.0 Å². The van der Waals surface area contributed by atoms with Crippen LogP contribution >= 0.6 is 11.6 Å². The lowest BCUT2D eigenvalue weighted by Gasteiger charge is -2.28. The van der Waals surface area contributed by atoms with Crippen molar-refractivity contribution in [2.45, 2.75) is 25.3 Å².